The third-order valence-electron chi connectivity index (χ3n) is 3.27. The first-order chi connectivity index (χ1) is 10.1. The molecule has 108 valence electrons. The average Bonchev–Trinajstić information content (AvgIpc) is 3.13. The van der Waals surface area contributed by atoms with Gasteiger partial charge in [0.2, 0.25) is 0 Å². The van der Waals surface area contributed by atoms with E-state index >= 15 is 0 Å². The smallest absolute Gasteiger partial charge is 0.260 e. The molecule has 1 amide bonds. The number of nitrogens with zero attached hydrogens (tertiary/aromatic N) is 2. The number of thiazole rings is 1. The molecule has 0 fully saturated rings. The second kappa shape index (κ2) is 5.46. The van der Waals surface area contributed by atoms with Crippen LogP contribution in [0.5, 0.6) is 0 Å². The first-order valence-electron chi connectivity index (χ1n) is 6.53. The lowest BCUT2D eigenvalue weighted by molar-refractivity contribution is 0.102. The molecule has 0 unspecified atom stereocenters. The molecule has 3 heterocycles. The maximum atomic E-state index is 12.6. The quantitative estimate of drug-likeness (QED) is 0.788. The highest BCUT2D eigenvalue weighted by Gasteiger charge is 2.21. The Morgan fingerprint density at radius 2 is 1.90 bits per heavy atom. The molecular formula is C15H15N3OS2. The Bertz CT molecular complexity index is 784. The zero-order valence-corrected chi connectivity index (χ0v) is 13.6. The van der Waals surface area contributed by atoms with Gasteiger partial charge in [0.1, 0.15) is 5.00 Å². The van der Waals surface area contributed by atoms with Crippen molar-refractivity contribution < 1.29 is 4.79 Å². The van der Waals surface area contributed by atoms with E-state index in [0.29, 0.717) is 5.13 Å². The maximum Gasteiger partial charge on any atom is 0.260 e. The molecule has 3 aromatic heterocycles. The summed E-state index contributed by atoms with van der Waals surface area (Å²) in [4.78, 5) is 19.0. The van der Waals surface area contributed by atoms with Crippen LogP contribution in [0, 0.1) is 20.8 Å². The minimum Gasteiger partial charge on any atom is -0.315 e. The van der Waals surface area contributed by atoms with E-state index in [1.165, 1.54) is 11.3 Å². The highest BCUT2D eigenvalue weighted by molar-refractivity contribution is 7.16. The number of hydrogen-bond acceptors (Lipinski definition) is 4. The van der Waals surface area contributed by atoms with Gasteiger partial charge in [-0.05, 0) is 38.5 Å². The predicted molar refractivity (Wildman–Crippen MR) is 87.9 cm³/mol. The molecule has 21 heavy (non-hydrogen) atoms. The van der Waals surface area contributed by atoms with Gasteiger partial charge in [-0.2, -0.15) is 0 Å². The summed E-state index contributed by atoms with van der Waals surface area (Å²) in [5.41, 5.74) is 1.75. The standard InChI is InChI=1S/C15H15N3OS2/c1-9-8-16-15(20-9)17-13(19)12-10(2)11(3)21-14(12)18-6-4-5-7-18/h4-8H,1-3H3,(H,16,17,19). The van der Waals surface area contributed by atoms with Crippen LogP contribution in [0.4, 0.5) is 5.13 Å². The second-order valence-electron chi connectivity index (χ2n) is 4.78. The number of aryl methyl sites for hydroxylation is 2. The molecule has 0 aliphatic rings. The molecule has 4 nitrogen and oxygen atoms in total. The fraction of sp³-hybridized carbons (Fsp3) is 0.200. The van der Waals surface area contributed by atoms with Crippen molar-refractivity contribution in [1.29, 1.82) is 0 Å². The van der Waals surface area contributed by atoms with Crippen molar-refractivity contribution in [2.24, 2.45) is 0 Å². The number of nitrogens with one attached hydrogen (secondary N) is 1. The number of hydrogen-bond donors (Lipinski definition) is 1. The lowest BCUT2D eigenvalue weighted by Crippen LogP contribution is -2.14. The molecule has 0 aliphatic heterocycles. The Balaban J connectivity index is 1.99. The topological polar surface area (TPSA) is 46.9 Å². The van der Waals surface area contributed by atoms with E-state index in [1.54, 1.807) is 17.5 Å². The number of rotatable bonds is 3. The predicted octanol–water partition coefficient (Wildman–Crippen LogP) is 4.17. The number of thiophene rings is 1. The largest absolute Gasteiger partial charge is 0.315 e. The highest BCUT2D eigenvalue weighted by Crippen LogP contribution is 2.31. The van der Waals surface area contributed by atoms with Gasteiger partial charge >= 0.3 is 0 Å². The maximum absolute atomic E-state index is 12.6. The molecule has 0 bridgehead atoms. The fourth-order valence-electron chi connectivity index (χ4n) is 2.10. The van der Waals surface area contributed by atoms with Gasteiger partial charge in [-0.3, -0.25) is 10.1 Å². The molecule has 0 radical (unpaired) electrons. The molecule has 0 spiro atoms. The van der Waals surface area contributed by atoms with Gasteiger partial charge in [-0.15, -0.1) is 22.7 Å². The molecule has 0 saturated carbocycles. The van der Waals surface area contributed by atoms with Crippen molar-refractivity contribution in [2.75, 3.05) is 5.32 Å². The summed E-state index contributed by atoms with van der Waals surface area (Å²) in [7, 11) is 0. The van der Waals surface area contributed by atoms with Gasteiger partial charge in [0.05, 0.1) is 5.56 Å². The molecule has 3 rings (SSSR count). The van der Waals surface area contributed by atoms with Crippen molar-refractivity contribution in [3.8, 4) is 5.00 Å². The molecule has 3 aromatic rings. The average molecular weight is 317 g/mol. The lowest BCUT2D eigenvalue weighted by Gasteiger charge is -2.06. The number of aromatic nitrogens is 2. The minimum absolute atomic E-state index is 0.102. The zero-order chi connectivity index (χ0) is 15.0. The molecule has 0 atom stereocenters. The van der Waals surface area contributed by atoms with E-state index < -0.39 is 0 Å². The number of anilines is 1. The van der Waals surface area contributed by atoms with Crippen molar-refractivity contribution in [1.82, 2.24) is 9.55 Å². The normalized spacial score (nSPS) is 10.8. The van der Waals surface area contributed by atoms with Gasteiger partial charge < -0.3 is 4.57 Å². The third kappa shape index (κ3) is 2.64. The zero-order valence-electron chi connectivity index (χ0n) is 12.0. The Morgan fingerprint density at radius 3 is 2.52 bits per heavy atom. The van der Waals surface area contributed by atoms with Crippen molar-refractivity contribution in [3.05, 3.63) is 51.6 Å². The van der Waals surface area contributed by atoms with E-state index in [-0.39, 0.29) is 5.91 Å². The van der Waals surface area contributed by atoms with Crippen LogP contribution in [0.3, 0.4) is 0 Å². The van der Waals surface area contributed by atoms with Crippen LogP contribution in [-0.2, 0) is 0 Å². The Kier molecular flexibility index (Phi) is 3.65. The number of amides is 1. The van der Waals surface area contributed by atoms with Gasteiger partial charge in [0.15, 0.2) is 5.13 Å². The van der Waals surface area contributed by atoms with Crippen LogP contribution < -0.4 is 5.32 Å². The summed E-state index contributed by atoms with van der Waals surface area (Å²) < 4.78 is 1.98. The first kappa shape index (κ1) is 14.0. The van der Waals surface area contributed by atoms with Crippen LogP contribution in [0.25, 0.3) is 5.00 Å². The summed E-state index contributed by atoms with van der Waals surface area (Å²) in [5.74, 6) is -0.102. The Labute approximate surface area is 131 Å². The van der Waals surface area contributed by atoms with Crippen molar-refractivity contribution >= 4 is 33.7 Å². The third-order valence-corrected chi connectivity index (χ3v) is 5.32. The van der Waals surface area contributed by atoms with E-state index in [2.05, 4.69) is 10.3 Å². The van der Waals surface area contributed by atoms with Crippen LogP contribution in [0.2, 0.25) is 0 Å². The van der Waals surface area contributed by atoms with E-state index in [1.807, 2.05) is 49.9 Å². The Hall–Kier alpha value is -1.92. The summed E-state index contributed by atoms with van der Waals surface area (Å²) in [6.07, 6.45) is 5.67. The molecule has 6 heteroatoms. The summed E-state index contributed by atoms with van der Waals surface area (Å²) in [5, 5.41) is 4.48. The van der Waals surface area contributed by atoms with E-state index in [0.717, 1.165) is 25.9 Å². The molecule has 0 aliphatic carbocycles. The monoisotopic (exact) mass is 317 g/mol. The van der Waals surface area contributed by atoms with Crippen molar-refractivity contribution in [2.45, 2.75) is 20.8 Å². The summed E-state index contributed by atoms with van der Waals surface area (Å²) >= 11 is 3.11. The minimum atomic E-state index is -0.102. The van der Waals surface area contributed by atoms with E-state index in [4.69, 9.17) is 0 Å². The highest BCUT2D eigenvalue weighted by atomic mass is 32.1. The van der Waals surface area contributed by atoms with Crippen LogP contribution >= 0.6 is 22.7 Å². The van der Waals surface area contributed by atoms with Crippen molar-refractivity contribution in [3.63, 3.8) is 0 Å². The first-order valence-corrected chi connectivity index (χ1v) is 8.16. The van der Waals surface area contributed by atoms with Crippen LogP contribution in [-0.4, -0.2) is 15.5 Å². The molecule has 1 N–H and O–H groups in total. The van der Waals surface area contributed by atoms with Gasteiger partial charge in [-0.25, -0.2) is 4.98 Å². The van der Waals surface area contributed by atoms with Crippen LogP contribution in [0.15, 0.2) is 30.7 Å². The number of carbonyl (C=O) groups excluding carboxylic acids is 1. The molecule has 0 aromatic carbocycles. The second-order valence-corrected chi connectivity index (χ2v) is 7.22. The summed E-state index contributed by atoms with van der Waals surface area (Å²) in [6.45, 7) is 6.00. The number of carbonyl (C=O) groups is 1. The Morgan fingerprint density at radius 1 is 1.19 bits per heavy atom. The fourth-order valence-corrected chi connectivity index (χ4v) is 3.88. The lowest BCUT2D eigenvalue weighted by atomic mass is 10.1. The van der Waals surface area contributed by atoms with E-state index in [9.17, 15) is 4.79 Å². The molecular weight excluding hydrogens is 302 g/mol. The van der Waals surface area contributed by atoms with Gasteiger partial charge in [0.25, 0.3) is 5.91 Å². The SMILES string of the molecule is Cc1cnc(NC(=O)c2c(-n3cccc3)sc(C)c2C)s1. The summed E-state index contributed by atoms with van der Waals surface area (Å²) in [6, 6.07) is 3.91. The van der Waals surface area contributed by atoms with Gasteiger partial charge in [0, 0.05) is 28.3 Å². The van der Waals surface area contributed by atoms with Gasteiger partial charge in [-0.1, -0.05) is 0 Å². The van der Waals surface area contributed by atoms with Crippen LogP contribution in [0.1, 0.15) is 25.7 Å². The molecule has 0 saturated heterocycles.